The third-order valence-corrected chi connectivity index (χ3v) is 8.88. The van der Waals surface area contributed by atoms with Crippen LogP contribution in [0.5, 0.6) is 0 Å². The predicted octanol–water partition coefficient (Wildman–Crippen LogP) is 10.5. The van der Waals surface area contributed by atoms with Gasteiger partial charge in [0.15, 0.2) is 0 Å². The first-order chi connectivity index (χ1) is 20.5. The van der Waals surface area contributed by atoms with Crippen LogP contribution < -0.4 is 0 Å². The summed E-state index contributed by atoms with van der Waals surface area (Å²) in [5, 5.41) is 3.37. The molecular formula is C38H35IrN3OS-2. The van der Waals surface area contributed by atoms with E-state index in [4.69, 9.17) is 9.40 Å². The molecule has 4 aromatic heterocycles. The smallest absolute Gasteiger partial charge is 0.122 e. The number of thiazole rings is 1. The number of hydrogen-bond acceptors (Lipinski definition) is 5. The molecule has 1 radical (unpaired) electrons. The molecule has 44 heavy (non-hydrogen) atoms. The van der Waals surface area contributed by atoms with Crippen LogP contribution in [-0.2, 0) is 30.9 Å². The summed E-state index contributed by atoms with van der Waals surface area (Å²) in [4.78, 5) is 13.9. The summed E-state index contributed by atoms with van der Waals surface area (Å²) in [5.41, 5.74) is 9.07. The zero-order chi connectivity index (χ0) is 30.4. The molecular weight excluding hydrogens is 739 g/mol. The van der Waals surface area contributed by atoms with E-state index >= 15 is 0 Å². The van der Waals surface area contributed by atoms with Gasteiger partial charge in [0.05, 0.1) is 20.8 Å². The van der Waals surface area contributed by atoms with Gasteiger partial charge in [-0.1, -0.05) is 70.7 Å². The van der Waals surface area contributed by atoms with E-state index in [1.165, 1.54) is 15.8 Å². The monoisotopic (exact) mass is 774 g/mol. The van der Waals surface area contributed by atoms with Gasteiger partial charge in [0, 0.05) is 43.3 Å². The molecule has 0 saturated heterocycles. The van der Waals surface area contributed by atoms with E-state index in [1.807, 2.05) is 61.8 Å². The number of hydrogen-bond donors (Lipinski definition) is 0. The first kappa shape index (κ1) is 31.7. The zero-order valence-electron chi connectivity index (χ0n) is 26.1. The Morgan fingerprint density at radius 3 is 2.30 bits per heavy atom. The van der Waals surface area contributed by atoms with Gasteiger partial charge in [-0.3, -0.25) is 0 Å². The molecule has 0 aliphatic rings. The number of benzene rings is 3. The Balaban J connectivity index is 0.000000230. The van der Waals surface area contributed by atoms with Crippen LogP contribution >= 0.6 is 11.3 Å². The van der Waals surface area contributed by atoms with Crippen molar-refractivity contribution in [3.05, 3.63) is 113 Å². The maximum Gasteiger partial charge on any atom is 0.122 e. The Morgan fingerprint density at radius 1 is 0.795 bits per heavy atom. The van der Waals surface area contributed by atoms with Gasteiger partial charge in [0.2, 0.25) is 0 Å². The second-order valence-electron chi connectivity index (χ2n) is 12.9. The van der Waals surface area contributed by atoms with Crippen molar-refractivity contribution in [3.8, 4) is 22.5 Å². The minimum atomic E-state index is 0. The van der Waals surface area contributed by atoms with E-state index in [2.05, 4.69) is 94.0 Å². The van der Waals surface area contributed by atoms with E-state index in [1.54, 1.807) is 11.3 Å². The molecule has 4 nitrogen and oxygen atoms in total. The molecule has 0 N–H and O–H groups in total. The third kappa shape index (κ3) is 6.39. The molecule has 4 heterocycles. The summed E-state index contributed by atoms with van der Waals surface area (Å²) >= 11 is 1.76. The molecule has 0 bridgehead atoms. The Bertz CT molecular complexity index is 2050. The minimum Gasteiger partial charge on any atom is -0.501 e. The van der Waals surface area contributed by atoms with Crippen molar-refractivity contribution < 1.29 is 24.5 Å². The van der Waals surface area contributed by atoms with Gasteiger partial charge in [0.1, 0.15) is 5.58 Å². The largest absolute Gasteiger partial charge is 0.501 e. The molecule has 6 heteroatoms. The van der Waals surface area contributed by atoms with Gasteiger partial charge in [-0.25, -0.2) is 4.98 Å². The number of aryl methyl sites for hydroxylation is 1. The van der Waals surface area contributed by atoms with Crippen molar-refractivity contribution in [2.75, 3.05) is 0 Å². The van der Waals surface area contributed by atoms with Crippen molar-refractivity contribution in [2.24, 2.45) is 0 Å². The van der Waals surface area contributed by atoms with E-state index in [0.29, 0.717) is 0 Å². The first-order valence-electron chi connectivity index (χ1n) is 14.5. The summed E-state index contributed by atoms with van der Waals surface area (Å²) in [6.45, 7) is 15.3. The van der Waals surface area contributed by atoms with Crippen molar-refractivity contribution in [1.29, 1.82) is 0 Å². The maximum atomic E-state index is 6.37. The Labute approximate surface area is 277 Å². The van der Waals surface area contributed by atoms with Crippen molar-refractivity contribution in [3.63, 3.8) is 0 Å². The molecule has 0 fully saturated rings. The topological polar surface area (TPSA) is 51.8 Å². The van der Waals surface area contributed by atoms with E-state index in [0.717, 1.165) is 55.0 Å². The number of rotatable bonds is 2. The molecule has 7 rings (SSSR count). The van der Waals surface area contributed by atoms with Crippen LogP contribution in [0, 0.1) is 19.1 Å². The van der Waals surface area contributed by atoms with Crippen molar-refractivity contribution >= 4 is 43.5 Å². The molecule has 0 unspecified atom stereocenters. The molecule has 3 aromatic carbocycles. The predicted molar refractivity (Wildman–Crippen MR) is 180 cm³/mol. The van der Waals surface area contributed by atoms with E-state index in [-0.39, 0.29) is 30.9 Å². The molecule has 0 spiro atoms. The Kier molecular flexibility index (Phi) is 8.91. The third-order valence-electron chi connectivity index (χ3n) is 7.37. The molecule has 225 valence electrons. The van der Waals surface area contributed by atoms with Crippen LogP contribution in [0.3, 0.4) is 0 Å². The number of fused-ring (bicyclic) bond motifs is 5. The van der Waals surface area contributed by atoms with Crippen molar-refractivity contribution in [1.82, 2.24) is 15.0 Å². The normalized spacial score (nSPS) is 11.8. The molecule has 7 aromatic rings. The standard InChI is InChI=1S/C26H25N2OS.C12H10N.Ir/c1-25(2,3)15-12-13-27-19(14-15)16-8-7-9-17-21-20(29-22(16)17)11-10-18-23(21)30-24(28-18)26(4,5)6;1-10-7-8-12(13-9-10)11-5-3-2-4-6-11;/h7,9-14H,1-6H3;2-5,7-9H,1H3;/q2*-1;. The van der Waals surface area contributed by atoms with E-state index < -0.39 is 0 Å². The van der Waals surface area contributed by atoms with Crippen LogP contribution in [0.1, 0.15) is 57.7 Å². The average molecular weight is 774 g/mol. The Morgan fingerprint density at radius 2 is 1.61 bits per heavy atom. The number of aromatic nitrogens is 3. The summed E-state index contributed by atoms with van der Waals surface area (Å²) in [6.07, 6.45) is 3.75. The van der Waals surface area contributed by atoms with Crippen LogP contribution in [0.2, 0.25) is 0 Å². The Hall–Kier alpha value is -3.70. The van der Waals surface area contributed by atoms with Gasteiger partial charge >= 0.3 is 0 Å². The van der Waals surface area contributed by atoms with Crippen LogP contribution in [0.4, 0.5) is 0 Å². The first-order valence-corrected chi connectivity index (χ1v) is 15.3. The second kappa shape index (κ2) is 12.4. The SMILES string of the molecule is CC(C)(C)c1ccnc(-c2[c-]ccc3c2oc2ccc4nc(C(C)(C)C)sc4c23)c1.Cc1ccc(-c2[c-]cccc2)nc1.[Ir]. The number of furan rings is 1. The van der Waals surface area contributed by atoms with Gasteiger partial charge in [-0.15, -0.1) is 65.4 Å². The minimum absolute atomic E-state index is 0. The summed E-state index contributed by atoms with van der Waals surface area (Å²) in [5.74, 6) is 0. The fourth-order valence-electron chi connectivity index (χ4n) is 4.94. The van der Waals surface area contributed by atoms with Crippen LogP contribution in [-0.4, -0.2) is 15.0 Å². The summed E-state index contributed by atoms with van der Waals surface area (Å²) in [7, 11) is 0. The number of nitrogens with zero attached hydrogens (tertiary/aromatic N) is 3. The molecule has 0 atom stereocenters. The number of pyridine rings is 2. The molecule has 0 amide bonds. The maximum absolute atomic E-state index is 6.37. The molecule has 0 aliphatic heterocycles. The molecule has 0 saturated carbocycles. The van der Waals surface area contributed by atoms with Gasteiger partial charge in [0.25, 0.3) is 0 Å². The molecule has 0 aliphatic carbocycles. The summed E-state index contributed by atoms with van der Waals surface area (Å²) in [6, 6.07) is 30.8. The zero-order valence-corrected chi connectivity index (χ0v) is 29.3. The fourth-order valence-corrected chi connectivity index (χ4v) is 6.11. The second-order valence-corrected chi connectivity index (χ2v) is 13.9. The van der Waals surface area contributed by atoms with Gasteiger partial charge in [-0.2, -0.15) is 0 Å². The average Bonchev–Trinajstić information content (AvgIpc) is 3.60. The summed E-state index contributed by atoms with van der Waals surface area (Å²) < 4.78 is 7.56. The van der Waals surface area contributed by atoms with Crippen molar-refractivity contribution in [2.45, 2.75) is 59.3 Å². The van der Waals surface area contributed by atoms with Crippen LogP contribution in [0.15, 0.2) is 89.6 Å². The van der Waals surface area contributed by atoms with Crippen LogP contribution in [0.25, 0.3) is 54.7 Å². The van der Waals surface area contributed by atoms with Gasteiger partial charge < -0.3 is 14.4 Å². The fraction of sp³-hybridized carbons (Fsp3) is 0.237. The quantitative estimate of drug-likeness (QED) is 0.164. The van der Waals surface area contributed by atoms with Gasteiger partial charge in [-0.05, 0) is 53.1 Å². The van der Waals surface area contributed by atoms with E-state index in [9.17, 15) is 0 Å².